The summed E-state index contributed by atoms with van der Waals surface area (Å²) < 4.78 is 0. The van der Waals surface area contributed by atoms with Gasteiger partial charge in [0.2, 0.25) is 0 Å². The van der Waals surface area contributed by atoms with Crippen LogP contribution in [0, 0.1) is 20.8 Å². The van der Waals surface area contributed by atoms with E-state index < -0.39 is 0 Å². The Morgan fingerprint density at radius 3 is 2.08 bits per heavy atom. The molecule has 0 saturated heterocycles. The minimum Gasteiger partial charge on any atom is -0.257 e. The summed E-state index contributed by atoms with van der Waals surface area (Å²) in [5.41, 5.74) is 12.8. The Labute approximate surface area is 150 Å². The Morgan fingerprint density at radius 1 is 0.640 bits per heavy atom. The van der Waals surface area contributed by atoms with Gasteiger partial charge in [0.25, 0.3) is 0 Å². The van der Waals surface area contributed by atoms with Crippen LogP contribution >= 0.6 is 0 Å². The van der Waals surface area contributed by atoms with E-state index in [-0.39, 0.29) is 0 Å². The molecular weight excluding hydrogens is 302 g/mol. The molecule has 1 heterocycles. The SMILES string of the molecule is CC1=Nc2cc(-c3ccc(-c4ccc(C)c(C)c4)c(C)c3)ccc2C1. The number of aryl methyl sites for hydroxylation is 3. The fraction of sp³-hybridized carbons (Fsp3) is 0.208. The third-order valence-corrected chi connectivity index (χ3v) is 5.22. The molecule has 0 bridgehead atoms. The van der Waals surface area contributed by atoms with Crippen molar-refractivity contribution in [2.75, 3.05) is 0 Å². The quantitative estimate of drug-likeness (QED) is 0.503. The van der Waals surface area contributed by atoms with Crippen LogP contribution in [0.3, 0.4) is 0 Å². The second-order valence-electron chi connectivity index (χ2n) is 7.20. The molecule has 0 aromatic heterocycles. The molecule has 1 heteroatoms. The van der Waals surface area contributed by atoms with Crippen LogP contribution in [-0.4, -0.2) is 5.71 Å². The van der Waals surface area contributed by atoms with Crippen LogP contribution in [0.5, 0.6) is 0 Å². The third kappa shape index (κ3) is 2.91. The normalized spacial score (nSPS) is 12.9. The minimum absolute atomic E-state index is 0.986. The van der Waals surface area contributed by atoms with Crippen molar-refractivity contribution in [3.05, 3.63) is 76.9 Å². The number of benzene rings is 3. The minimum atomic E-state index is 0.986. The Kier molecular flexibility index (Phi) is 3.80. The molecule has 0 N–H and O–H groups in total. The molecule has 0 saturated carbocycles. The highest BCUT2D eigenvalue weighted by Gasteiger charge is 2.13. The lowest BCUT2D eigenvalue weighted by Gasteiger charge is -2.11. The van der Waals surface area contributed by atoms with Crippen molar-refractivity contribution in [2.24, 2.45) is 4.99 Å². The van der Waals surface area contributed by atoms with Gasteiger partial charge in [-0.1, -0.05) is 48.5 Å². The first-order valence-electron chi connectivity index (χ1n) is 8.87. The maximum atomic E-state index is 4.66. The number of rotatable bonds is 2. The van der Waals surface area contributed by atoms with Crippen LogP contribution in [0.15, 0.2) is 59.6 Å². The van der Waals surface area contributed by atoms with E-state index in [1.165, 1.54) is 50.2 Å². The molecular formula is C24H23N. The van der Waals surface area contributed by atoms with Crippen LogP contribution in [0.2, 0.25) is 0 Å². The average Bonchev–Trinajstić information content (AvgIpc) is 2.96. The zero-order valence-electron chi connectivity index (χ0n) is 15.4. The van der Waals surface area contributed by atoms with E-state index in [1.807, 2.05) is 0 Å². The summed E-state index contributed by atoms with van der Waals surface area (Å²) in [6, 6.07) is 20.1. The summed E-state index contributed by atoms with van der Waals surface area (Å²) in [4.78, 5) is 4.66. The molecule has 1 aliphatic rings. The molecule has 0 fully saturated rings. The van der Waals surface area contributed by atoms with Crippen molar-refractivity contribution < 1.29 is 0 Å². The molecule has 1 nitrogen and oxygen atoms in total. The molecule has 3 aromatic rings. The van der Waals surface area contributed by atoms with Gasteiger partial charge in [0.05, 0.1) is 5.69 Å². The maximum Gasteiger partial charge on any atom is 0.0671 e. The predicted octanol–water partition coefficient (Wildman–Crippen LogP) is 6.59. The Bertz CT molecular complexity index is 1010. The molecule has 0 radical (unpaired) electrons. The third-order valence-electron chi connectivity index (χ3n) is 5.22. The second-order valence-corrected chi connectivity index (χ2v) is 7.20. The van der Waals surface area contributed by atoms with E-state index in [0.717, 1.165) is 12.1 Å². The van der Waals surface area contributed by atoms with Crippen molar-refractivity contribution in [2.45, 2.75) is 34.1 Å². The van der Waals surface area contributed by atoms with Crippen molar-refractivity contribution in [1.29, 1.82) is 0 Å². The van der Waals surface area contributed by atoms with Crippen molar-refractivity contribution in [3.8, 4) is 22.3 Å². The van der Waals surface area contributed by atoms with Crippen molar-refractivity contribution >= 4 is 11.4 Å². The maximum absolute atomic E-state index is 4.66. The van der Waals surface area contributed by atoms with Gasteiger partial charge < -0.3 is 0 Å². The molecule has 25 heavy (non-hydrogen) atoms. The molecule has 0 unspecified atom stereocenters. The van der Waals surface area contributed by atoms with E-state index in [2.05, 4.69) is 87.3 Å². The summed E-state index contributed by atoms with van der Waals surface area (Å²) in [6.45, 7) is 8.63. The fourth-order valence-corrected chi connectivity index (χ4v) is 3.59. The number of hydrogen-bond donors (Lipinski definition) is 0. The van der Waals surface area contributed by atoms with Crippen molar-refractivity contribution in [3.63, 3.8) is 0 Å². The molecule has 3 aromatic carbocycles. The fourth-order valence-electron chi connectivity index (χ4n) is 3.59. The van der Waals surface area contributed by atoms with Gasteiger partial charge in [-0.25, -0.2) is 0 Å². The first-order valence-corrected chi connectivity index (χ1v) is 8.87. The molecule has 0 amide bonds. The topological polar surface area (TPSA) is 12.4 Å². The van der Waals surface area contributed by atoms with Crippen LogP contribution in [0.4, 0.5) is 5.69 Å². The zero-order chi connectivity index (χ0) is 17.6. The summed E-state index contributed by atoms with van der Waals surface area (Å²) in [5.74, 6) is 0. The first kappa shape index (κ1) is 15.8. The second kappa shape index (κ2) is 6.00. The Balaban J connectivity index is 1.73. The highest BCUT2D eigenvalue weighted by atomic mass is 14.8. The molecule has 124 valence electrons. The van der Waals surface area contributed by atoms with Gasteiger partial charge >= 0.3 is 0 Å². The van der Waals surface area contributed by atoms with Gasteiger partial charge in [-0.3, -0.25) is 4.99 Å². The highest BCUT2D eigenvalue weighted by Crippen LogP contribution is 2.34. The standard InChI is InChI=1S/C24H23N/c1-15-5-6-21(11-16(15)2)23-10-9-19(12-17(23)3)20-7-8-22-13-18(4)25-24(22)14-20/h5-12,14H,13H2,1-4H3. The van der Waals surface area contributed by atoms with E-state index in [4.69, 9.17) is 0 Å². The van der Waals surface area contributed by atoms with Gasteiger partial charge in [0.1, 0.15) is 0 Å². The zero-order valence-corrected chi connectivity index (χ0v) is 15.4. The Morgan fingerprint density at radius 2 is 1.32 bits per heavy atom. The van der Waals surface area contributed by atoms with E-state index in [9.17, 15) is 0 Å². The number of fused-ring (bicyclic) bond motifs is 1. The van der Waals surface area contributed by atoms with Gasteiger partial charge in [0.15, 0.2) is 0 Å². The summed E-state index contributed by atoms with van der Waals surface area (Å²) in [5, 5.41) is 0. The average molecular weight is 325 g/mol. The van der Waals surface area contributed by atoms with E-state index in [0.29, 0.717) is 0 Å². The monoisotopic (exact) mass is 325 g/mol. The lowest BCUT2D eigenvalue weighted by atomic mass is 9.93. The Hall–Kier alpha value is -2.67. The summed E-state index contributed by atoms with van der Waals surface area (Å²) in [6.07, 6.45) is 0.986. The van der Waals surface area contributed by atoms with E-state index in [1.54, 1.807) is 0 Å². The van der Waals surface area contributed by atoms with Gasteiger partial charge in [-0.2, -0.15) is 0 Å². The van der Waals surface area contributed by atoms with Crippen molar-refractivity contribution in [1.82, 2.24) is 0 Å². The number of aliphatic imine (C=N–C) groups is 1. The van der Waals surface area contributed by atoms with Crippen LogP contribution in [0.1, 0.15) is 29.2 Å². The highest BCUT2D eigenvalue weighted by molar-refractivity contribution is 5.93. The molecule has 0 aliphatic carbocycles. The summed E-state index contributed by atoms with van der Waals surface area (Å²) >= 11 is 0. The van der Waals surface area contributed by atoms with Gasteiger partial charge in [0, 0.05) is 12.1 Å². The lowest BCUT2D eigenvalue weighted by molar-refractivity contribution is 1.33. The largest absolute Gasteiger partial charge is 0.257 e. The smallest absolute Gasteiger partial charge is 0.0671 e. The molecule has 0 atom stereocenters. The first-order chi connectivity index (χ1) is 12.0. The molecule has 1 aliphatic heterocycles. The number of nitrogens with zero attached hydrogens (tertiary/aromatic N) is 1. The van der Waals surface area contributed by atoms with Gasteiger partial charge in [-0.05, 0) is 78.3 Å². The predicted molar refractivity (Wildman–Crippen MR) is 108 cm³/mol. The molecule has 0 spiro atoms. The van der Waals surface area contributed by atoms with Gasteiger partial charge in [-0.15, -0.1) is 0 Å². The van der Waals surface area contributed by atoms with E-state index >= 15 is 0 Å². The number of hydrogen-bond acceptors (Lipinski definition) is 1. The molecule has 4 rings (SSSR count). The summed E-state index contributed by atoms with van der Waals surface area (Å²) in [7, 11) is 0. The van der Waals surface area contributed by atoms with Crippen LogP contribution in [-0.2, 0) is 6.42 Å². The van der Waals surface area contributed by atoms with Crippen LogP contribution < -0.4 is 0 Å². The van der Waals surface area contributed by atoms with Crippen LogP contribution in [0.25, 0.3) is 22.3 Å². The lowest BCUT2D eigenvalue weighted by Crippen LogP contribution is -1.89.